The first kappa shape index (κ1) is 15.1. The minimum absolute atomic E-state index is 0.123. The van der Waals surface area contributed by atoms with Gasteiger partial charge in [0, 0.05) is 10.4 Å². The smallest absolute Gasteiger partial charge is 0.315 e. The van der Waals surface area contributed by atoms with E-state index in [1.807, 2.05) is 24.3 Å². The van der Waals surface area contributed by atoms with Crippen LogP contribution in [0.25, 0.3) is 0 Å². The molecule has 2 amide bonds. The average Bonchev–Trinajstić information content (AvgIpc) is 3.12. The minimum atomic E-state index is -0.768. The van der Waals surface area contributed by atoms with Gasteiger partial charge in [0.05, 0.1) is 16.9 Å². The van der Waals surface area contributed by atoms with Crippen LogP contribution in [0.15, 0.2) is 36.4 Å². The van der Waals surface area contributed by atoms with Crippen molar-refractivity contribution in [2.75, 3.05) is 13.2 Å². The summed E-state index contributed by atoms with van der Waals surface area (Å²) in [6, 6.07) is 10.6. The van der Waals surface area contributed by atoms with Gasteiger partial charge in [-0.05, 0) is 18.2 Å². The lowest BCUT2D eigenvalue weighted by Gasteiger charge is -2.14. The van der Waals surface area contributed by atoms with Crippen LogP contribution in [0, 0.1) is 0 Å². The molecule has 1 aliphatic heterocycles. The average molecular weight is 339 g/mol. The van der Waals surface area contributed by atoms with Gasteiger partial charge in [-0.25, -0.2) is 4.79 Å². The van der Waals surface area contributed by atoms with E-state index in [2.05, 4.69) is 10.6 Å². The number of fused-ring (bicyclic) bond motifs is 1. The molecule has 2 heterocycles. The largest absolute Gasteiger partial charge is 0.491 e. The second-order valence-electron chi connectivity index (χ2n) is 4.91. The maximum absolute atomic E-state index is 11.9. The molecule has 1 aromatic heterocycles. The Balaban J connectivity index is 1.51. The molecule has 0 radical (unpaired) electrons. The van der Waals surface area contributed by atoms with Crippen molar-refractivity contribution in [3.8, 4) is 5.75 Å². The van der Waals surface area contributed by atoms with E-state index in [0.29, 0.717) is 10.9 Å². The molecule has 0 saturated heterocycles. The van der Waals surface area contributed by atoms with Gasteiger partial charge in [-0.1, -0.05) is 29.8 Å². The zero-order valence-electron chi connectivity index (χ0n) is 11.6. The summed E-state index contributed by atoms with van der Waals surface area (Å²) in [7, 11) is 0. The van der Waals surface area contributed by atoms with Crippen LogP contribution in [-0.2, 0) is 0 Å². The fourth-order valence-electron chi connectivity index (χ4n) is 2.29. The molecule has 7 heteroatoms. The number of para-hydroxylation sites is 1. The van der Waals surface area contributed by atoms with Crippen molar-refractivity contribution in [2.45, 2.75) is 12.1 Å². The summed E-state index contributed by atoms with van der Waals surface area (Å²) in [5, 5.41) is 15.5. The van der Waals surface area contributed by atoms with Crippen LogP contribution in [0.3, 0.4) is 0 Å². The Hall–Kier alpha value is -1.76. The Morgan fingerprint density at radius 1 is 1.41 bits per heavy atom. The van der Waals surface area contributed by atoms with Crippen molar-refractivity contribution >= 4 is 29.0 Å². The predicted octanol–water partition coefficient (Wildman–Crippen LogP) is 2.87. The van der Waals surface area contributed by atoms with Gasteiger partial charge in [0.1, 0.15) is 18.5 Å². The molecular weight excluding hydrogens is 324 g/mol. The Morgan fingerprint density at radius 2 is 2.23 bits per heavy atom. The lowest BCUT2D eigenvalue weighted by molar-refractivity contribution is 0.175. The van der Waals surface area contributed by atoms with Gasteiger partial charge in [0.15, 0.2) is 0 Å². The summed E-state index contributed by atoms with van der Waals surface area (Å²) >= 11 is 7.12. The van der Waals surface area contributed by atoms with Crippen molar-refractivity contribution in [2.24, 2.45) is 0 Å². The van der Waals surface area contributed by atoms with Gasteiger partial charge in [-0.3, -0.25) is 0 Å². The number of halogens is 1. The van der Waals surface area contributed by atoms with Crippen LogP contribution < -0.4 is 15.4 Å². The molecule has 0 saturated carbocycles. The number of thiophene rings is 1. The van der Waals surface area contributed by atoms with Gasteiger partial charge in [0.2, 0.25) is 0 Å². The number of urea groups is 1. The zero-order valence-corrected chi connectivity index (χ0v) is 13.2. The Kier molecular flexibility index (Phi) is 4.52. The van der Waals surface area contributed by atoms with Gasteiger partial charge < -0.3 is 20.5 Å². The third kappa shape index (κ3) is 3.35. The molecule has 2 atom stereocenters. The summed E-state index contributed by atoms with van der Waals surface area (Å²) in [5.74, 6) is 0.793. The molecule has 0 fully saturated rings. The van der Waals surface area contributed by atoms with Gasteiger partial charge >= 0.3 is 6.03 Å². The lowest BCUT2D eigenvalue weighted by Crippen LogP contribution is -2.40. The van der Waals surface area contributed by atoms with Crippen molar-refractivity contribution in [1.29, 1.82) is 0 Å². The van der Waals surface area contributed by atoms with Crippen LogP contribution >= 0.6 is 22.9 Å². The predicted molar refractivity (Wildman–Crippen MR) is 85.5 cm³/mol. The molecule has 2 aromatic rings. The third-order valence-electron chi connectivity index (χ3n) is 3.38. The van der Waals surface area contributed by atoms with E-state index in [0.717, 1.165) is 16.2 Å². The SMILES string of the molecule is O=C(NCC(O)c1ccc(Cl)s1)NC1COc2ccccc21. The van der Waals surface area contributed by atoms with E-state index in [-0.39, 0.29) is 18.6 Å². The van der Waals surface area contributed by atoms with E-state index in [9.17, 15) is 9.90 Å². The first-order chi connectivity index (χ1) is 10.6. The lowest BCUT2D eigenvalue weighted by atomic mass is 10.1. The zero-order chi connectivity index (χ0) is 15.5. The molecule has 3 rings (SSSR count). The second-order valence-corrected chi connectivity index (χ2v) is 6.66. The monoisotopic (exact) mass is 338 g/mol. The van der Waals surface area contributed by atoms with Gasteiger partial charge in [-0.2, -0.15) is 0 Å². The highest BCUT2D eigenvalue weighted by molar-refractivity contribution is 7.16. The fraction of sp³-hybridized carbons (Fsp3) is 0.267. The van der Waals surface area contributed by atoms with Crippen LogP contribution in [0.1, 0.15) is 22.6 Å². The molecule has 0 spiro atoms. The van der Waals surface area contributed by atoms with Crippen LogP contribution in [0.2, 0.25) is 4.34 Å². The molecular formula is C15H15ClN2O3S. The third-order valence-corrected chi connectivity index (χ3v) is 4.72. The number of rotatable bonds is 4. The topological polar surface area (TPSA) is 70.6 Å². The number of aliphatic hydroxyl groups excluding tert-OH is 1. The van der Waals surface area contributed by atoms with E-state index in [1.54, 1.807) is 12.1 Å². The summed E-state index contributed by atoms with van der Waals surface area (Å²) in [6.45, 7) is 0.535. The second kappa shape index (κ2) is 6.56. The molecule has 2 unspecified atom stereocenters. The Bertz CT molecular complexity index is 676. The van der Waals surface area contributed by atoms with Crippen LogP contribution in [-0.4, -0.2) is 24.3 Å². The van der Waals surface area contributed by atoms with E-state index in [4.69, 9.17) is 16.3 Å². The molecule has 0 aliphatic carbocycles. The molecule has 1 aromatic carbocycles. The summed E-state index contributed by atoms with van der Waals surface area (Å²) in [6.07, 6.45) is -0.768. The number of nitrogens with one attached hydrogen (secondary N) is 2. The molecule has 22 heavy (non-hydrogen) atoms. The number of amides is 2. The molecule has 116 valence electrons. The van der Waals surface area contributed by atoms with Gasteiger partial charge in [0.25, 0.3) is 0 Å². The first-order valence-corrected chi connectivity index (χ1v) is 8.02. The number of benzene rings is 1. The van der Waals surface area contributed by atoms with E-state index in [1.165, 1.54) is 11.3 Å². The molecule has 1 aliphatic rings. The number of carbonyl (C=O) groups is 1. The maximum atomic E-state index is 11.9. The Morgan fingerprint density at radius 3 is 3.00 bits per heavy atom. The van der Waals surface area contributed by atoms with Gasteiger partial charge in [-0.15, -0.1) is 11.3 Å². The van der Waals surface area contributed by atoms with Crippen molar-refractivity contribution in [1.82, 2.24) is 10.6 Å². The normalized spacial score (nSPS) is 17.5. The number of aliphatic hydroxyl groups is 1. The first-order valence-electron chi connectivity index (χ1n) is 6.83. The number of ether oxygens (including phenoxy) is 1. The number of carbonyl (C=O) groups excluding carboxylic acids is 1. The summed E-state index contributed by atoms with van der Waals surface area (Å²) < 4.78 is 6.11. The minimum Gasteiger partial charge on any atom is -0.491 e. The fourth-order valence-corrected chi connectivity index (χ4v) is 3.34. The summed E-state index contributed by atoms with van der Waals surface area (Å²) in [5.41, 5.74) is 0.961. The number of hydrogen-bond acceptors (Lipinski definition) is 4. The van der Waals surface area contributed by atoms with E-state index < -0.39 is 6.10 Å². The summed E-state index contributed by atoms with van der Waals surface area (Å²) in [4.78, 5) is 12.7. The highest BCUT2D eigenvalue weighted by atomic mass is 35.5. The highest BCUT2D eigenvalue weighted by Gasteiger charge is 2.25. The Labute approximate surface area is 136 Å². The number of hydrogen-bond donors (Lipinski definition) is 3. The molecule has 0 bridgehead atoms. The molecule has 5 nitrogen and oxygen atoms in total. The van der Waals surface area contributed by atoms with Crippen molar-refractivity contribution < 1.29 is 14.6 Å². The standard InChI is InChI=1S/C15H15ClN2O3S/c16-14-6-5-13(22-14)11(19)7-17-15(20)18-10-8-21-12-4-2-1-3-9(10)12/h1-6,10-11,19H,7-8H2,(H2,17,18,20). The van der Waals surface area contributed by atoms with E-state index >= 15 is 0 Å². The quantitative estimate of drug-likeness (QED) is 0.802. The van der Waals surface area contributed by atoms with Crippen LogP contribution in [0.4, 0.5) is 4.79 Å². The maximum Gasteiger partial charge on any atom is 0.315 e. The molecule has 3 N–H and O–H groups in total. The van der Waals surface area contributed by atoms with Crippen molar-refractivity contribution in [3.63, 3.8) is 0 Å². The highest BCUT2D eigenvalue weighted by Crippen LogP contribution is 2.31. The van der Waals surface area contributed by atoms with Crippen LogP contribution in [0.5, 0.6) is 5.75 Å². The van der Waals surface area contributed by atoms with Crippen molar-refractivity contribution in [3.05, 3.63) is 51.2 Å².